The summed E-state index contributed by atoms with van der Waals surface area (Å²) in [6, 6.07) is 9.41. The Morgan fingerprint density at radius 3 is 2.55 bits per heavy atom. The van der Waals surface area contributed by atoms with Crippen LogP contribution in [0.1, 0.15) is 5.56 Å². The Morgan fingerprint density at radius 2 is 2.00 bits per heavy atom. The van der Waals surface area contributed by atoms with Crippen molar-refractivity contribution in [2.45, 2.75) is 6.61 Å². The number of benzene rings is 1. The molecule has 0 atom stereocenters. The van der Waals surface area contributed by atoms with E-state index in [4.69, 9.17) is 0 Å². The summed E-state index contributed by atoms with van der Waals surface area (Å²) in [6.07, 6.45) is 0. The summed E-state index contributed by atoms with van der Waals surface area (Å²) in [7, 11) is 0. The van der Waals surface area contributed by atoms with E-state index >= 15 is 0 Å². The Hall–Kier alpha value is -1.02. The number of carbonyl (C=O) groups excluding carboxylic acids is 1. The van der Waals surface area contributed by atoms with E-state index < -0.39 is 5.43 Å². The van der Waals surface area contributed by atoms with E-state index in [1.807, 2.05) is 30.3 Å². The van der Waals surface area contributed by atoms with Crippen LogP contribution in [0, 0.1) is 11.6 Å². The van der Waals surface area contributed by atoms with Gasteiger partial charge in [0.25, 0.3) is 0 Å². The summed E-state index contributed by atoms with van der Waals surface area (Å²) in [5, 5.41) is 0. The second kappa shape index (κ2) is 3.98. The van der Waals surface area contributed by atoms with Gasteiger partial charge in [0.2, 0.25) is 11.6 Å². The fourth-order valence-corrected chi connectivity index (χ4v) is 0.775. The Bertz CT molecular complexity index is 233. The summed E-state index contributed by atoms with van der Waals surface area (Å²) < 4.78 is 4.60. The monoisotopic (exact) mass is 171 g/mol. The van der Waals surface area contributed by atoms with Crippen molar-refractivity contribution in [3.63, 3.8) is 0 Å². The molecule has 0 aliphatic carbocycles. The average molecular weight is 172 g/mol. The highest BCUT2D eigenvalue weighted by Crippen LogP contribution is 2.00. The van der Waals surface area contributed by atoms with Gasteiger partial charge in [0, 0.05) is 0 Å². The lowest BCUT2D eigenvalue weighted by atomic mass is 10.2. The van der Waals surface area contributed by atoms with E-state index in [2.05, 4.69) is 16.3 Å². The molecule has 0 amide bonds. The normalized spacial score (nSPS) is 9.18. The Balaban J connectivity index is 2.45. The maximum absolute atomic E-state index is 10.2. The minimum Gasteiger partial charge on any atom is -0.413 e. The minimum atomic E-state index is -0.658. The number of ether oxygens (including phenoxy) is 1. The first-order valence-electron chi connectivity index (χ1n) is 3.17. The van der Waals surface area contributed by atoms with Crippen molar-refractivity contribution >= 4 is 5.43 Å². The zero-order valence-electron chi connectivity index (χ0n) is 5.82. The quantitative estimate of drug-likeness (QED) is 0.632. The number of carbonyl (C=O) groups is 1. The fourth-order valence-electron chi connectivity index (χ4n) is 0.716. The smallest absolute Gasteiger partial charge is 0.413 e. The molecular formula is C8H8ClO2+. The molecule has 0 saturated carbocycles. The molecule has 0 aliphatic rings. The molecule has 11 heavy (non-hydrogen) atoms. The van der Waals surface area contributed by atoms with Gasteiger partial charge in [0.05, 0.1) is 0 Å². The first kappa shape index (κ1) is 8.08. The van der Waals surface area contributed by atoms with Gasteiger partial charge in [0.1, 0.15) is 6.61 Å². The number of rotatable bonds is 2. The van der Waals surface area contributed by atoms with E-state index in [9.17, 15) is 4.79 Å². The number of hydrogen-bond donors (Lipinski definition) is 0. The summed E-state index contributed by atoms with van der Waals surface area (Å²) in [6.45, 7) is 0.267. The first-order valence-corrected chi connectivity index (χ1v) is 3.57. The molecule has 0 fully saturated rings. The molecular weight excluding hydrogens is 164 g/mol. The molecule has 1 rings (SSSR count). The largest absolute Gasteiger partial charge is 0.602 e. The van der Waals surface area contributed by atoms with Crippen molar-refractivity contribution in [2.24, 2.45) is 0 Å². The molecule has 1 aromatic carbocycles. The van der Waals surface area contributed by atoms with Crippen molar-refractivity contribution in [3.8, 4) is 0 Å². The van der Waals surface area contributed by atoms with Gasteiger partial charge in [-0.2, -0.15) is 4.79 Å². The SMILES string of the molecule is O=C([ClH+])OCc1ccccc1. The van der Waals surface area contributed by atoms with Gasteiger partial charge in [-0.15, -0.1) is 0 Å². The highest BCUT2D eigenvalue weighted by atomic mass is 35.5. The van der Waals surface area contributed by atoms with Crippen LogP contribution in [0.3, 0.4) is 0 Å². The van der Waals surface area contributed by atoms with Gasteiger partial charge in [-0.1, -0.05) is 30.3 Å². The van der Waals surface area contributed by atoms with E-state index in [1.165, 1.54) is 0 Å². The summed E-state index contributed by atoms with van der Waals surface area (Å²) in [4.78, 5) is 10.2. The maximum atomic E-state index is 10.2. The van der Waals surface area contributed by atoms with Crippen molar-refractivity contribution in [3.05, 3.63) is 35.9 Å². The van der Waals surface area contributed by atoms with E-state index in [-0.39, 0.29) is 6.61 Å². The molecule has 58 valence electrons. The predicted molar refractivity (Wildman–Crippen MR) is 38.0 cm³/mol. The van der Waals surface area contributed by atoms with Crippen LogP contribution >= 0.6 is 0 Å². The topological polar surface area (TPSA) is 26.3 Å². The molecule has 0 aliphatic heterocycles. The molecule has 0 aromatic heterocycles. The van der Waals surface area contributed by atoms with Crippen LogP contribution in [0.15, 0.2) is 30.3 Å². The third-order valence-electron chi connectivity index (χ3n) is 1.20. The summed E-state index contributed by atoms with van der Waals surface area (Å²) >= 11 is 4.22. The van der Waals surface area contributed by atoms with Crippen LogP contribution in [-0.2, 0) is 11.3 Å². The molecule has 1 aromatic rings. The van der Waals surface area contributed by atoms with Crippen LogP contribution in [0.2, 0.25) is 0 Å². The summed E-state index contributed by atoms with van der Waals surface area (Å²) in [5.74, 6) is 0. The van der Waals surface area contributed by atoms with Crippen molar-refractivity contribution in [1.29, 1.82) is 0 Å². The van der Waals surface area contributed by atoms with Crippen LogP contribution in [-0.4, -0.2) is 5.43 Å². The van der Waals surface area contributed by atoms with E-state index in [1.54, 1.807) is 0 Å². The standard InChI is InChI=1S/C8H8ClO2/c9-8(10)11-6-7-4-2-1-3-5-7/h1-5,9H,6H2/q+1. The van der Waals surface area contributed by atoms with Crippen LogP contribution in [0.5, 0.6) is 0 Å². The molecule has 0 radical (unpaired) electrons. The molecule has 0 N–H and O–H groups in total. The molecule has 2 nitrogen and oxygen atoms in total. The van der Waals surface area contributed by atoms with Crippen molar-refractivity contribution < 1.29 is 21.1 Å². The van der Waals surface area contributed by atoms with Gasteiger partial charge in [-0.3, -0.25) is 0 Å². The van der Waals surface area contributed by atoms with Gasteiger partial charge in [-0.25, -0.2) is 0 Å². The van der Waals surface area contributed by atoms with Crippen molar-refractivity contribution in [1.82, 2.24) is 0 Å². The third kappa shape index (κ3) is 3.05. The highest BCUT2D eigenvalue weighted by Gasteiger charge is 2.04. The average Bonchev–Trinajstić information content (AvgIpc) is 2.03. The second-order valence-electron chi connectivity index (χ2n) is 2.02. The van der Waals surface area contributed by atoms with Crippen LogP contribution < -0.4 is 0 Å². The lowest BCUT2D eigenvalue weighted by molar-refractivity contribution is -0.284. The van der Waals surface area contributed by atoms with Gasteiger partial charge < -0.3 is 4.74 Å². The third-order valence-corrected chi connectivity index (χ3v) is 1.32. The molecule has 0 heterocycles. The zero-order chi connectivity index (χ0) is 8.10. The lowest BCUT2D eigenvalue weighted by Gasteiger charge is -1.95. The Morgan fingerprint density at radius 1 is 1.36 bits per heavy atom. The minimum absolute atomic E-state index is 0.267. The molecule has 0 spiro atoms. The molecule has 0 saturated heterocycles. The van der Waals surface area contributed by atoms with Crippen molar-refractivity contribution in [2.75, 3.05) is 0 Å². The molecule has 0 bridgehead atoms. The molecule has 3 heteroatoms. The van der Waals surface area contributed by atoms with Gasteiger partial charge >= 0.3 is 5.43 Å². The van der Waals surface area contributed by atoms with E-state index in [0.717, 1.165) is 5.56 Å². The van der Waals surface area contributed by atoms with Crippen LogP contribution in [0.25, 0.3) is 0 Å². The summed E-state index contributed by atoms with van der Waals surface area (Å²) in [5.41, 5.74) is 0.291. The fraction of sp³-hybridized carbons (Fsp3) is 0.125. The highest BCUT2D eigenvalue weighted by molar-refractivity contribution is 5.54. The second-order valence-corrected chi connectivity index (χ2v) is 2.36. The van der Waals surface area contributed by atoms with E-state index in [0.29, 0.717) is 0 Å². The Kier molecular flexibility index (Phi) is 2.93. The maximum Gasteiger partial charge on any atom is 0.602 e. The zero-order valence-corrected chi connectivity index (χ0v) is 6.64. The predicted octanol–water partition coefficient (Wildman–Crippen LogP) is 1.60. The van der Waals surface area contributed by atoms with Gasteiger partial charge in [-0.05, 0) is 5.56 Å². The molecule has 0 unspecified atom stereocenters. The number of hydrogen-bond acceptors (Lipinski definition) is 2. The Labute approximate surface area is 69.7 Å². The van der Waals surface area contributed by atoms with Crippen LogP contribution in [0.4, 0.5) is 4.79 Å². The first-order chi connectivity index (χ1) is 5.29. The lowest BCUT2D eigenvalue weighted by Crippen LogP contribution is -1.96. The number of halogens is 1. The van der Waals surface area contributed by atoms with Gasteiger partial charge in [0.15, 0.2) is 0 Å².